The van der Waals surface area contributed by atoms with Crippen LogP contribution in [0.5, 0.6) is 0 Å². The molecule has 0 aliphatic carbocycles. The Morgan fingerprint density at radius 2 is 1.96 bits per heavy atom. The van der Waals surface area contributed by atoms with Crippen LogP contribution in [0.1, 0.15) is 27.1 Å². The molecule has 1 N–H and O–H groups in total. The van der Waals surface area contributed by atoms with Crippen molar-refractivity contribution in [1.29, 1.82) is 0 Å². The van der Waals surface area contributed by atoms with E-state index in [0.29, 0.717) is 13.1 Å². The summed E-state index contributed by atoms with van der Waals surface area (Å²) in [6.07, 6.45) is 0. The number of aryl methyl sites for hydroxylation is 3. The summed E-state index contributed by atoms with van der Waals surface area (Å²) in [4.78, 5) is 21.2. The van der Waals surface area contributed by atoms with E-state index >= 15 is 0 Å². The highest BCUT2D eigenvalue weighted by Gasteiger charge is 2.15. The minimum atomic E-state index is -0.00865. The Kier molecular flexibility index (Phi) is 4.82. The Balaban J connectivity index is 1.70. The molecule has 0 saturated carbocycles. The average Bonchev–Trinajstić information content (AvgIpc) is 3.21. The van der Waals surface area contributed by atoms with Gasteiger partial charge in [-0.1, -0.05) is 0 Å². The van der Waals surface area contributed by atoms with Gasteiger partial charge in [0, 0.05) is 33.4 Å². The number of carbonyl (C=O) groups is 1. The SMILES string of the molecule is Cc1csc(CNC(=O)Cn2c(C)cc(-c3csc(C)n3)c2C)n1. The Hall–Kier alpha value is -1.99. The Bertz CT molecular complexity index is 875. The van der Waals surface area contributed by atoms with Gasteiger partial charge in [0.15, 0.2) is 0 Å². The van der Waals surface area contributed by atoms with Crippen LogP contribution in [-0.2, 0) is 17.9 Å². The van der Waals surface area contributed by atoms with Gasteiger partial charge in [-0.05, 0) is 33.8 Å². The van der Waals surface area contributed by atoms with Crippen molar-refractivity contribution in [3.63, 3.8) is 0 Å². The quantitative estimate of drug-likeness (QED) is 0.756. The maximum Gasteiger partial charge on any atom is 0.240 e. The fourth-order valence-corrected chi connectivity index (χ4v) is 3.97. The summed E-state index contributed by atoms with van der Waals surface area (Å²) in [6, 6.07) is 2.10. The molecule has 0 aliphatic rings. The zero-order chi connectivity index (χ0) is 17.3. The van der Waals surface area contributed by atoms with E-state index in [9.17, 15) is 4.79 Å². The van der Waals surface area contributed by atoms with Gasteiger partial charge in [-0.3, -0.25) is 4.79 Å². The van der Waals surface area contributed by atoms with Crippen LogP contribution in [0.25, 0.3) is 11.3 Å². The van der Waals surface area contributed by atoms with Crippen molar-refractivity contribution >= 4 is 28.6 Å². The molecule has 3 aromatic rings. The van der Waals surface area contributed by atoms with Crippen LogP contribution in [-0.4, -0.2) is 20.4 Å². The van der Waals surface area contributed by atoms with Gasteiger partial charge in [0.1, 0.15) is 11.6 Å². The standard InChI is InChI=1S/C17H20N4OS2/c1-10-8-24-17(19-10)6-18-16(22)7-21-11(2)5-14(12(21)3)15-9-23-13(4)20-15/h5,8-9H,6-7H2,1-4H3,(H,18,22). The van der Waals surface area contributed by atoms with Crippen LogP contribution in [0.2, 0.25) is 0 Å². The van der Waals surface area contributed by atoms with Gasteiger partial charge in [0.05, 0.1) is 17.2 Å². The summed E-state index contributed by atoms with van der Waals surface area (Å²) in [5.41, 5.74) is 5.20. The van der Waals surface area contributed by atoms with Crippen LogP contribution < -0.4 is 5.32 Å². The molecule has 3 heterocycles. The van der Waals surface area contributed by atoms with Crippen molar-refractivity contribution in [2.24, 2.45) is 0 Å². The highest BCUT2D eigenvalue weighted by atomic mass is 32.1. The highest BCUT2D eigenvalue weighted by molar-refractivity contribution is 7.10. The molecular weight excluding hydrogens is 340 g/mol. The van der Waals surface area contributed by atoms with Gasteiger partial charge in [0.2, 0.25) is 5.91 Å². The van der Waals surface area contributed by atoms with Crippen molar-refractivity contribution in [3.05, 3.63) is 43.9 Å². The van der Waals surface area contributed by atoms with Gasteiger partial charge >= 0.3 is 0 Å². The fraction of sp³-hybridized carbons (Fsp3) is 0.353. The lowest BCUT2D eigenvalue weighted by atomic mass is 10.2. The lowest BCUT2D eigenvalue weighted by Crippen LogP contribution is -2.27. The van der Waals surface area contributed by atoms with Crippen molar-refractivity contribution in [2.75, 3.05) is 0 Å². The zero-order valence-corrected chi connectivity index (χ0v) is 15.8. The average molecular weight is 361 g/mol. The van der Waals surface area contributed by atoms with Crippen LogP contribution in [0, 0.1) is 27.7 Å². The number of hydrogen-bond acceptors (Lipinski definition) is 5. The van der Waals surface area contributed by atoms with E-state index in [1.807, 2.05) is 37.6 Å². The normalized spacial score (nSPS) is 11.0. The maximum atomic E-state index is 12.3. The van der Waals surface area contributed by atoms with E-state index in [-0.39, 0.29) is 5.91 Å². The molecule has 0 bridgehead atoms. The monoisotopic (exact) mass is 360 g/mol. The van der Waals surface area contributed by atoms with Crippen LogP contribution in [0.4, 0.5) is 0 Å². The van der Waals surface area contributed by atoms with Gasteiger partial charge < -0.3 is 9.88 Å². The molecule has 0 aromatic carbocycles. The molecule has 5 nitrogen and oxygen atoms in total. The number of aromatic nitrogens is 3. The van der Waals surface area contributed by atoms with Gasteiger partial charge in [-0.15, -0.1) is 22.7 Å². The lowest BCUT2D eigenvalue weighted by molar-refractivity contribution is -0.121. The number of nitrogens with zero attached hydrogens (tertiary/aromatic N) is 3. The number of amides is 1. The first-order valence-corrected chi connectivity index (χ1v) is 9.47. The minimum absolute atomic E-state index is 0.00865. The molecule has 0 atom stereocenters. The molecule has 0 unspecified atom stereocenters. The summed E-state index contributed by atoms with van der Waals surface area (Å²) >= 11 is 3.21. The van der Waals surface area contributed by atoms with Crippen molar-refractivity contribution < 1.29 is 4.79 Å². The second-order valence-electron chi connectivity index (χ2n) is 5.78. The van der Waals surface area contributed by atoms with Crippen molar-refractivity contribution in [2.45, 2.75) is 40.8 Å². The Morgan fingerprint density at radius 1 is 1.17 bits per heavy atom. The van der Waals surface area contributed by atoms with E-state index < -0.39 is 0 Å². The van der Waals surface area contributed by atoms with Crippen LogP contribution in [0.15, 0.2) is 16.8 Å². The number of rotatable bonds is 5. The summed E-state index contributed by atoms with van der Waals surface area (Å²) in [5, 5.41) is 8.97. The van der Waals surface area contributed by atoms with Crippen molar-refractivity contribution in [1.82, 2.24) is 19.9 Å². The molecule has 3 rings (SSSR count). The first-order valence-electron chi connectivity index (χ1n) is 7.71. The third-order valence-corrected chi connectivity index (χ3v) is 5.61. The lowest BCUT2D eigenvalue weighted by Gasteiger charge is -2.09. The summed E-state index contributed by atoms with van der Waals surface area (Å²) < 4.78 is 2.03. The molecular formula is C17H20N4OS2. The Labute approximate surface area is 149 Å². The van der Waals surface area contributed by atoms with Crippen molar-refractivity contribution in [3.8, 4) is 11.3 Å². The van der Waals surface area contributed by atoms with E-state index in [4.69, 9.17) is 0 Å². The molecule has 0 saturated heterocycles. The maximum absolute atomic E-state index is 12.3. The van der Waals surface area contributed by atoms with E-state index in [1.54, 1.807) is 22.7 Å². The molecule has 1 amide bonds. The number of thiazole rings is 2. The minimum Gasteiger partial charge on any atom is -0.348 e. The first-order chi connectivity index (χ1) is 11.4. The zero-order valence-electron chi connectivity index (χ0n) is 14.2. The summed E-state index contributed by atoms with van der Waals surface area (Å²) in [5.74, 6) is -0.00865. The van der Waals surface area contributed by atoms with Gasteiger partial charge in [0.25, 0.3) is 0 Å². The number of nitrogens with one attached hydrogen (secondary N) is 1. The third-order valence-electron chi connectivity index (χ3n) is 3.87. The van der Waals surface area contributed by atoms with E-state index in [1.165, 1.54) is 0 Å². The first kappa shape index (κ1) is 16.9. The number of hydrogen-bond donors (Lipinski definition) is 1. The predicted molar refractivity (Wildman–Crippen MR) is 98.4 cm³/mol. The molecule has 24 heavy (non-hydrogen) atoms. The summed E-state index contributed by atoms with van der Waals surface area (Å²) in [7, 11) is 0. The molecule has 0 spiro atoms. The molecule has 7 heteroatoms. The second-order valence-corrected chi connectivity index (χ2v) is 7.79. The van der Waals surface area contributed by atoms with Crippen LogP contribution >= 0.6 is 22.7 Å². The molecule has 3 aromatic heterocycles. The summed E-state index contributed by atoms with van der Waals surface area (Å²) in [6.45, 7) is 8.80. The van der Waals surface area contributed by atoms with Gasteiger partial charge in [-0.25, -0.2) is 9.97 Å². The predicted octanol–water partition coefficient (Wildman–Crippen LogP) is 3.62. The molecule has 126 valence electrons. The Morgan fingerprint density at radius 3 is 2.58 bits per heavy atom. The van der Waals surface area contributed by atoms with Gasteiger partial charge in [-0.2, -0.15) is 0 Å². The molecule has 0 aliphatic heterocycles. The second kappa shape index (κ2) is 6.86. The largest absolute Gasteiger partial charge is 0.348 e. The fourth-order valence-electron chi connectivity index (χ4n) is 2.65. The smallest absolute Gasteiger partial charge is 0.240 e. The van der Waals surface area contributed by atoms with E-state index in [0.717, 1.165) is 38.4 Å². The third kappa shape index (κ3) is 3.57. The highest BCUT2D eigenvalue weighted by Crippen LogP contribution is 2.27. The molecule has 0 radical (unpaired) electrons. The van der Waals surface area contributed by atoms with E-state index in [2.05, 4.69) is 26.7 Å². The topological polar surface area (TPSA) is 59.8 Å². The van der Waals surface area contributed by atoms with Crippen LogP contribution in [0.3, 0.4) is 0 Å². The number of carbonyl (C=O) groups excluding carboxylic acids is 1. The molecule has 0 fully saturated rings.